The van der Waals surface area contributed by atoms with Crippen molar-refractivity contribution in [1.82, 2.24) is 4.98 Å². The van der Waals surface area contributed by atoms with E-state index in [-0.39, 0.29) is 0 Å². The van der Waals surface area contributed by atoms with Crippen LogP contribution in [0.5, 0.6) is 0 Å². The van der Waals surface area contributed by atoms with Crippen molar-refractivity contribution in [3.05, 3.63) is 41.4 Å². The molecule has 59 valence electrons. The Morgan fingerprint density at radius 1 is 1.50 bits per heavy atom. The molecule has 0 bridgehead atoms. The molecular formula is C10H8NS. The molecule has 0 saturated heterocycles. The fourth-order valence-corrected chi connectivity index (χ4v) is 1.72. The molecule has 0 N–H and O–H groups in total. The van der Waals surface area contributed by atoms with E-state index in [4.69, 9.17) is 0 Å². The minimum absolute atomic E-state index is 1.08. The first-order chi connectivity index (χ1) is 5.86. The zero-order valence-electron chi connectivity index (χ0n) is 6.74. The Kier molecular flexibility index (Phi) is 1.92. The molecule has 0 aliphatic carbocycles. The molecule has 0 spiro atoms. The van der Waals surface area contributed by atoms with Gasteiger partial charge < -0.3 is 0 Å². The molecule has 1 heterocycles. The number of aromatic nitrogens is 1. The molecule has 0 unspecified atom stereocenters. The van der Waals surface area contributed by atoms with Gasteiger partial charge in [-0.05, 0) is 24.6 Å². The van der Waals surface area contributed by atoms with Crippen LogP contribution >= 0.6 is 11.3 Å². The second-order valence-corrected chi connectivity index (χ2v) is 3.49. The average Bonchev–Trinajstić information content (AvgIpc) is 2.56. The van der Waals surface area contributed by atoms with E-state index in [1.54, 1.807) is 11.3 Å². The minimum atomic E-state index is 1.08. The van der Waals surface area contributed by atoms with Crippen LogP contribution in [0.2, 0.25) is 0 Å². The second-order valence-electron chi connectivity index (χ2n) is 2.60. The predicted molar refractivity (Wildman–Crippen MR) is 51.1 cm³/mol. The molecular weight excluding hydrogens is 166 g/mol. The summed E-state index contributed by atoms with van der Waals surface area (Å²) in [4.78, 5) is 4.23. The maximum absolute atomic E-state index is 4.23. The van der Waals surface area contributed by atoms with Crippen molar-refractivity contribution in [2.45, 2.75) is 6.92 Å². The van der Waals surface area contributed by atoms with E-state index in [9.17, 15) is 0 Å². The van der Waals surface area contributed by atoms with Gasteiger partial charge in [-0.25, -0.2) is 4.98 Å². The molecule has 0 aliphatic heterocycles. The average molecular weight is 174 g/mol. The number of nitrogens with zero attached hydrogens (tertiary/aromatic N) is 1. The molecule has 1 radical (unpaired) electrons. The summed E-state index contributed by atoms with van der Waals surface area (Å²) in [7, 11) is 0. The van der Waals surface area contributed by atoms with Crippen LogP contribution in [0.25, 0.3) is 10.6 Å². The van der Waals surface area contributed by atoms with Gasteiger partial charge in [0.25, 0.3) is 0 Å². The lowest BCUT2D eigenvalue weighted by Crippen LogP contribution is -1.76. The lowest BCUT2D eigenvalue weighted by Gasteiger charge is -1.95. The summed E-state index contributed by atoms with van der Waals surface area (Å²) in [6, 6.07) is 9.18. The van der Waals surface area contributed by atoms with Crippen LogP contribution in [-0.4, -0.2) is 4.98 Å². The zero-order chi connectivity index (χ0) is 8.39. The van der Waals surface area contributed by atoms with Gasteiger partial charge in [-0.2, -0.15) is 0 Å². The second kappa shape index (κ2) is 3.07. The fourth-order valence-electron chi connectivity index (χ4n) is 1.08. The summed E-state index contributed by atoms with van der Waals surface area (Å²) in [6.07, 6.45) is 1.83. The van der Waals surface area contributed by atoms with Gasteiger partial charge >= 0.3 is 0 Å². The van der Waals surface area contributed by atoms with Crippen LogP contribution < -0.4 is 0 Å². The van der Waals surface area contributed by atoms with E-state index in [1.165, 1.54) is 5.56 Å². The van der Waals surface area contributed by atoms with E-state index in [0.717, 1.165) is 10.6 Å². The summed E-state index contributed by atoms with van der Waals surface area (Å²) < 4.78 is 0. The first-order valence-electron chi connectivity index (χ1n) is 3.74. The highest BCUT2D eigenvalue weighted by molar-refractivity contribution is 7.13. The van der Waals surface area contributed by atoms with E-state index in [2.05, 4.69) is 17.1 Å². The Labute approximate surface area is 75.7 Å². The molecule has 1 aromatic heterocycles. The molecule has 0 amide bonds. The Balaban J connectivity index is 2.48. The lowest BCUT2D eigenvalue weighted by molar-refractivity contribution is 1.39. The normalized spacial score (nSPS) is 10.1. The topological polar surface area (TPSA) is 12.9 Å². The standard InChI is InChI=1S/C10H8NS/c1-8-3-2-4-9(7-8)10-11-5-6-12-10/h2,4-7H,1H3. The van der Waals surface area contributed by atoms with Gasteiger partial charge in [-0.1, -0.05) is 12.1 Å². The van der Waals surface area contributed by atoms with Crippen LogP contribution in [0.4, 0.5) is 0 Å². The maximum atomic E-state index is 4.23. The van der Waals surface area contributed by atoms with Gasteiger partial charge in [0.15, 0.2) is 0 Å². The first kappa shape index (κ1) is 7.50. The van der Waals surface area contributed by atoms with Crippen LogP contribution in [0.15, 0.2) is 29.8 Å². The zero-order valence-corrected chi connectivity index (χ0v) is 7.56. The Hall–Kier alpha value is -1.15. The van der Waals surface area contributed by atoms with Crippen molar-refractivity contribution in [2.75, 3.05) is 0 Å². The summed E-state index contributed by atoms with van der Waals surface area (Å²) in [6.45, 7) is 2.04. The van der Waals surface area contributed by atoms with Crippen molar-refractivity contribution in [1.29, 1.82) is 0 Å². The molecule has 0 saturated carbocycles. The number of hydrogen-bond acceptors (Lipinski definition) is 2. The number of hydrogen-bond donors (Lipinski definition) is 0. The van der Waals surface area contributed by atoms with Crippen LogP contribution in [0.3, 0.4) is 0 Å². The largest absolute Gasteiger partial charge is 0.245 e. The van der Waals surface area contributed by atoms with Gasteiger partial charge in [0.05, 0.1) is 0 Å². The Morgan fingerprint density at radius 3 is 3.08 bits per heavy atom. The predicted octanol–water partition coefficient (Wildman–Crippen LogP) is 2.92. The lowest BCUT2D eigenvalue weighted by atomic mass is 10.1. The third-order valence-corrected chi connectivity index (χ3v) is 2.45. The van der Waals surface area contributed by atoms with Crippen molar-refractivity contribution in [2.24, 2.45) is 0 Å². The summed E-state index contributed by atoms with van der Waals surface area (Å²) in [5.74, 6) is 0. The van der Waals surface area contributed by atoms with Crippen molar-refractivity contribution in [3.63, 3.8) is 0 Å². The molecule has 1 nitrogen and oxygen atoms in total. The summed E-state index contributed by atoms with van der Waals surface area (Å²) in [5, 5.41) is 3.06. The summed E-state index contributed by atoms with van der Waals surface area (Å²) in [5.41, 5.74) is 2.34. The quantitative estimate of drug-likeness (QED) is 0.647. The van der Waals surface area contributed by atoms with Crippen molar-refractivity contribution < 1.29 is 0 Å². The molecule has 2 aromatic rings. The molecule has 0 aliphatic rings. The van der Waals surface area contributed by atoms with Gasteiger partial charge in [0, 0.05) is 17.1 Å². The third kappa shape index (κ3) is 1.38. The SMILES string of the molecule is Cc1[c]ccc(-c2nccs2)c1. The number of benzene rings is 1. The summed E-state index contributed by atoms with van der Waals surface area (Å²) >= 11 is 1.66. The number of aryl methyl sites for hydroxylation is 1. The fraction of sp³-hybridized carbons (Fsp3) is 0.100. The van der Waals surface area contributed by atoms with Crippen molar-refractivity contribution >= 4 is 11.3 Å². The highest BCUT2D eigenvalue weighted by Gasteiger charge is 1.98. The van der Waals surface area contributed by atoms with E-state index < -0.39 is 0 Å². The molecule has 2 heteroatoms. The molecule has 12 heavy (non-hydrogen) atoms. The molecule has 1 aromatic carbocycles. The molecule has 2 rings (SSSR count). The Morgan fingerprint density at radius 2 is 2.42 bits per heavy atom. The van der Waals surface area contributed by atoms with E-state index >= 15 is 0 Å². The number of rotatable bonds is 1. The highest BCUT2D eigenvalue weighted by Crippen LogP contribution is 2.21. The van der Waals surface area contributed by atoms with Crippen molar-refractivity contribution in [3.8, 4) is 10.6 Å². The van der Waals surface area contributed by atoms with Gasteiger partial charge in [-0.15, -0.1) is 11.3 Å². The van der Waals surface area contributed by atoms with E-state index in [0.29, 0.717) is 0 Å². The van der Waals surface area contributed by atoms with Gasteiger partial charge in [0.2, 0.25) is 0 Å². The van der Waals surface area contributed by atoms with Crippen LogP contribution in [0, 0.1) is 13.0 Å². The van der Waals surface area contributed by atoms with E-state index in [1.807, 2.05) is 30.6 Å². The molecule has 0 fully saturated rings. The maximum Gasteiger partial charge on any atom is 0.123 e. The third-order valence-electron chi connectivity index (χ3n) is 1.63. The van der Waals surface area contributed by atoms with Gasteiger partial charge in [-0.3, -0.25) is 0 Å². The van der Waals surface area contributed by atoms with Crippen LogP contribution in [-0.2, 0) is 0 Å². The first-order valence-corrected chi connectivity index (χ1v) is 4.62. The van der Waals surface area contributed by atoms with Gasteiger partial charge in [0.1, 0.15) is 5.01 Å². The smallest absolute Gasteiger partial charge is 0.123 e. The highest BCUT2D eigenvalue weighted by atomic mass is 32.1. The monoisotopic (exact) mass is 174 g/mol. The van der Waals surface area contributed by atoms with Crippen LogP contribution in [0.1, 0.15) is 5.56 Å². The Bertz CT molecular complexity index is 365. The minimum Gasteiger partial charge on any atom is -0.245 e. The molecule has 0 atom stereocenters. The number of thiazole rings is 1.